The molecule has 44 heavy (non-hydrogen) atoms. The molecule has 10 nitrogen and oxygen atoms in total. The van der Waals surface area contributed by atoms with Crippen molar-refractivity contribution >= 4 is 27.5 Å². The van der Waals surface area contributed by atoms with Gasteiger partial charge in [0.25, 0.3) is 0 Å². The van der Waals surface area contributed by atoms with Gasteiger partial charge in [0.05, 0.1) is 45.5 Å². The van der Waals surface area contributed by atoms with Crippen molar-refractivity contribution < 1.29 is 36.3 Å². The van der Waals surface area contributed by atoms with Crippen molar-refractivity contribution in [2.75, 3.05) is 37.4 Å². The molecule has 2 aromatic carbocycles. The van der Waals surface area contributed by atoms with E-state index < -0.39 is 46.1 Å². The fourth-order valence-electron chi connectivity index (χ4n) is 5.66. The lowest BCUT2D eigenvalue weighted by atomic mass is 9.92. The molecule has 2 aliphatic rings. The molecular formula is C30H30F3N5O5S. The van der Waals surface area contributed by atoms with Crippen LogP contribution in [0.1, 0.15) is 48.9 Å². The van der Waals surface area contributed by atoms with E-state index in [1.165, 1.54) is 30.0 Å². The number of amides is 3. The van der Waals surface area contributed by atoms with E-state index in [2.05, 4.69) is 0 Å². The smallest absolute Gasteiger partial charge is 0.396 e. The summed E-state index contributed by atoms with van der Waals surface area (Å²) in [7, 11) is -4.03. The molecule has 2 heterocycles. The highest BCUT2D eigenvalue weighted by atomic mass is 32.2. The van der Waals surface area contributed by atoms with Gasteiger partial charge in [-0.2, -0.15) is 23.7 Å². The minimum absolute atomic E-state index is 0.00879. The second-order valence-electron chi connectivity index (χ2n) is 10.8. The summed E-state index contributed by atoms with van der Waals surface area (Å²) in [6, 6.07) is 9.23. The summed E-state index contributed by atoms with van der Waals surface area (Å²) < 4.78 is 66.5. The number of rotatable bonds is 7. The van der Waals surface area contributed by atoms with E-state index in [-0.39, 0.29) is 45.5 Å². The number of alkyl halides is 3. The molecule has 1 N–H and O–H groups in total. The highest BCUT2D eigenvalue weighted by molar-refractivity contribution is 7.90. The predicted molar refractivity (Wildman–Crippen MR) is 152 cm³/mol. The second-order valence-corrected chi connectivity index (χ2v) is 12.8. The molecule has 1 atom stereocenters. The average molecular weight is 630 g/mol. The quantitative estimate of drug-likeness (QED) is 0.478. The largest absolute Gasteiger partial charge is 0.416 e. The number of halogens is 3. The molecule has 0 saturated carbocycles. The Morgan fingerprint density at radius 1 is 1.09 bits per heavy atom. The molecule has 0 aromatic heterocycles. The third-order valence-electron chi connectivity index (χ3n) is 7.95. The Hall–Kier alpha value is -4.40. The van der Waals surface area contributed by atoms with Crippen LogP contribution in [0, 0.1) is 28.6 Å². The number of anilines is 1. The van der Waals surface area contributed by atoms with Gasteiger partial charge >= 0.3 is 12.2 Å². The van der Waals surface area contributed by atoms with Gasteiger partial charge in [-0.15, -0.1) is 0 Å². The highest BCUT2D eigenvalue weighted by Crippen LogP contribution is 2.42. The lowest BCUT2D eigenvalue weighted by Crippen LogP contribution is -2.54. The van der Waals surface area contributed by atoms with Crippen molar-refractivity contribution in [2.24, 2.45) is 5.92 Å². The molecule has 2 aliphatic heterocycles. The first-order chi connectivity index (χ1) is 20.7. The van der Waals surface area contributed by atoms with E-state index in [1.54, 1.807) is 0 Å². The Morgan fingerprint density at radius 2 is 1.77 bits per heavy atom. The summed E-state index contributed by atoms with van der Waals surface area (Å²) in [6.45, 7) is 1.46. The first-order valence-corrected chi connectivity index (χ1v) is 15.6. The van der Waals surface area contributed by atoms with Crippen molar-refractivity contribution in [2.45, 2.75) is 43.3 Å². The van der Waals surface area contributed by atoms with Gasteiger partial charge in [-0.25, -0.2) is 13.2 Å². The van der Waals surface area contributed by atoms with E-state index in [9.17, 15) is 46.8 Å². The highest BCUT2D eigenvalue weighted by Gasteiger charge is 2.43. The number of piperidine rings is 1. The number of likely N-dealkylation sites (tertiary alicyclic amines) is 1. The number of urea groups is 1. The fourth-order valence-corrected chi connectivity index (χ4v) is 6.61. The number of allylic oxidation sites excluding steroid dienone is 1. The summed E-state index contributed by atoms with van der Waals surface area (Å²) in [5.41, 5.74) is -1.45. The number of hydrogen-bond donors (Lipinski definition) is 1. The van der Waals surface area contributed by atoms with E-state index in [0.29, 0.717) is 32.4 Å². The molecule has 0 aliphatic carbocycles. The van der Waals surface area contributed by atoms with Gasteiger partial charge in [-0.1, -0.05) is 12.1 Å². The number of sulfone groups is 1. The van der Waals surface area contributed by atoms with Crippen LogP contribution < -0.4 is 4.90 Å². The number of nitrogens with zero attached hydrogens (tertiary/aromatic N) is 5. The Labute approximate surface area is 253 Å². The molecule has 0 bridgehead atoms. The average Bonchev–Trinajstić information content (AvgIpc) is 2.98. The van der Waals surface area contributed by atoms with Crippen LogP contribution in [-0.2, 0) is 20.8 Å². The number of aliphatic hydroxyl groups excluding tert-OH is 1. The van der Waals surface area contributed by atoms with Crippen molar-refractivity contribution in [1.29, 1.82) is 10.5 Å². The number of carbonyl (C=O) groups is 2. The van der Waals surface area contributed by atoms with Crippen molar-refractivity contribution in [3.8, 4) is 12.1 Å². The van der Waals surface area contributed by atoms with E-state index in [4.69, 9.17) is 0 Å². The van der Waals surface area contributed by atoms with Gasteiger partial charge < -0.3 is 14.9 Å². The van der Waals surface area contributed by atoms with E-state index in [0.717, 1.165) is 40.3 Å². The molecular weight excluding hydrogens is 599 g/mol. The first kappa shape index (κ1) is 32.5. The molecule has 14 heteroatoms. The number of carbonyl (C=O) groups excluding carboxylic acids is 2. The predicted octanol–water partition coefficient (Wildman–Crippen LogP) is 4.38. The van der Waals surface area contributed by atoms with Crippen molar-refractivity contribution in [1.82, 2.24) is 9.80 Å². The van der Waals surface area contributed by atoms with Crippen molar-refractivity contribution in [3.63, 3.8) is 0 Å². The SMILES string of the molecule is CC1=C(C#N)[C@@H](c2ccc(C#N)cc2S(C)(=O)=O)N(CC(=O)N2CCC(CCO)CC2)C(=O)N1c1cccc(C(F)(F)F)c1. The standard InChI is InChI=1S/C30H30F3N5O5S/c1-19-25(17-35)28(24-7-6-21(16-34)14-26(24)44(2,42)43)37(18-27(40)36-11-8-20(9-12-36)10-13-39)29(41)38(19)23-5-3-4-22(15-23)30(31,32)33/h3-7,14-15,20,28,39H,8-13,18H2,1-2H3/t28-/m1/s1. The molecule has 0 radical (unpaired) electrons. The third kappa shape index (κ3) is 6.56. The normalized spacial score (nSPS) is 18.3. The molecule has 2 aromatic rings. The lowest BCUT2D eigenvalue weighted by molar-refractivity contribution is -0.137. The van der Waals surface area contributed by atoms with Crippen LogP contribution >= 0.6 is 0 Å². The zero-order valence-corrected chi connectivity index (χ0v) is 24.8. The summed E-state index contributed by atoms with van der Waals surface area (Å²) in [5.74, 6) is -0.280. The summed E-state index contributed by atoms with van der Waals surface area (Å²) in [4.78, 5) is 30.9. The fraction of sp³-hybridized carbons (Fsp3) is 0.400. The summed E-state index contributed by atoms with van der Waals surface area (Å²) in [5, 5.41) is 29.0. The van der Waals surface area contributed by atoms with Gasteiger partial charge in [-0.05, 0) is 68.0 Å². The number of aliphatic hydroxyl groups is 1. The van der Waals surface area contributed by atoms with Crippen LogP contribution in [0.3, 0.4) is 0 Å². The van der Waals surface area contributed by atoms with Gasteiger partial charge in [0, 0.05) is 31.6 Å². The van der Waals surface area contributed by atoms with Crippen LogP contribution in [0.4, 0.5) is 23.7 Å². The molecule has 1 saturated heterocycles. The van der Waals surface area contributed by atoms with Crippen LogP contribution in [0.5, 0.6) is 0 Å². The van der Waals surface area contributed by atoms with Crippen LogP contribution in [0.2, 0.25) is 0 Å². The van der Waals surface area contributed by atoms with Crippen LogP contribution in [0.25, 0.3) is 0 Å². The molecule has 0 spiro atoms. The lowest BCUT2D eigenvalue weighted by Gasteiger charge is -2.43. The topological polar surface area (TPSA) is 146 Å². The minimum Gasteiger partial charge on any atom is -0.396 e. The molecule has 3 amide bonds. The number of nitriles is 2. The maximum atomic E-state index is 14.2. The minimum atomic E-state index is -4.72. The number of hydrogen-bond acceptors (Lipinski definition) is 7. The maximum Gasteiger partial charge on any atom is 0.416 e. The maximum absolute atomic E-state index is 14.2. The zero-order chi connectivity index (χ0) is 32.4. The molecule has 4 rings (SSSR count). The Kier molecular flexibility index (Phi) is 9.37. The van der Waals surface area contributed by atoms with Gasteiger partial charge in [-0.3, -0.25) is 9.69 Å². The molecule has 232 valence electrons. The molecule has 0 unspecified atom stereocenters. The Balaban J connectivity index is 1.87. The van der Waals surface area contributed by atoms with Gasteiger partial charge in [0.15, 0.2) is 9.84 Å². The van der Waals surface area contributed by atoms with Crippen LogP contribution in [-0.4, -0.2) is 67.8 Å². The Morgan fingerprint density at radius 3 is 2.34 bits per heavy atom. The van der Waals surface area contributed by atoms with Crippen molar-refractivity contribution in [3.05, 3.63) is 70.4 Å². The molecule has 1 fully saturated rings. The van der Waals surface area contributed by atoms with Gasteiger partial charge in [0.2, 0.25) is 5.91 Å². The summed E-state index contributed by atoms with van der Waals surface area (Å²) in [6.07, 6.45) is -1.99. The second kappa shape index (κ2) is 12.7. The number of benzene rings is 2. The monoisotopic (exact) mass is 629 g/mol. The summed E-state index contributed by atoms with van der Waals surface area (Å²) >= 11 is 0. The first-order valence-electron chi connectivity index (χ1n) is 13.7. The van der Waals surface area contributed by atoms with Crippen LogP contribution in [0.15, 0.2) is 58.6 Å². The van der Waals surface area contributed by atoms with Gasteiger partial charge in [0.1, 0.15) is 6.54 Å². The zero-order valence-electron chi connectivity index (χ0n) is 24.0. The third-order valence-corrected chi connectivity index (χ3v) is 9.10. The Bertz CT molecular complexity index is 1690. The van der Waals surface area contributed by atoms with E-state index in [1.807, 2.05) is 12.1 Å². The van der Waals surface area contributed by atoms with E-state index >= 15 is 0 Å².